The SMILES string of the molecule is Cc1ccc(NC(=O)N[C@@H](CC(C)C)C(=O)O)cc1. The monoisotopic (exact) mass is 264 g/mol. The molecule has 3 N–H and O–H groups in total. The number of nitrogens with one attached hydrogen (secondary N) is 2. The minimum absolute atomic E-state index is 0.195. The van der Waals surface area contributed by atoms with Crippen molar-refractivity contribution in [1.29, 1.82) is 0 Å². The Morgan fingerprint density at radius 1 is 1.21 bits per heavy atom. The number of aliphatic carboxylic acids is 1. The Labute approximate surface area is 113 Å². The number of anilines is 1. The molecule has 0 aliphatic heterocycles. The van der Waals surface area contributed by atoms with Crippen molar-refractivity contribution in [3.8, 4) is 0 Å². The van der Waals surface area contributed by atoms with E-state index in [0.717, 1.165) is 5.56 Å². The summed E-state index contributed by atoms with van der Waals surface area (Å²) in [6.07, 6.45) is 0.399. The summed E-state index contributed by atoms with van der Waals surface area (Å²) in [5.41, 5.74) is 1.73. The lowest BCUT2D eigenvalue weighted by molar-refractivity contribution is -0.139. The highest BCUT2D eigenvalue weighted by Crippen LogP contribution is 2.09. The summed E-state index contributed by atoms with van der Waals surface area (Å²) in [5, 5.41) is 14.1. The van der Waals surface area contributed by atoms with Gasteiger partial charge in [0.05, 0.1) is 0 Å². The summed E-state index contributed by atoms with van der Waals surface area (Å²) in [7, 11) is 0. The van der Waals surface area contributed by atoms with Gasteiger partial charge in [0, 0.05) is 5.69 Å². The van der Waals surface area contributed by atoms with Gasteiger partial charge in [-0.25, -0.2) is 9.59 Å². The van der Waals surface area contributed by atoms with E-state index in [1.165, 1.54) is 0 Å². The van der Waals surface area contributed by atoms with Crippen LogP contribution in [0, 0.1) is 12.8 Å². The maximum atomic E-state index is 11.7. The van der Waals surface area contributed by atoms with Gasteiger partial charge < -0.3 is 15.7 Å². The highest BCUT2D eigenvalue weighted by atomic mass is 16.4. The van der Waals surface area contributed by atoms with E-state index >= 15 is 0 Å². The topological polar surface area (TPSA) is 78.4 Å². The molecule has 2 amide bonds. The summed E-state index contributed by atoms with van der Waals surface area (Å²) < 4.78 is 0. The van der Waals surface area contributed by atoms with Crippen LogP contribution in [0.4, 0.5) is 10.5 Å². The number of amides is 2. The van der Waals surface area contributed by atoms with Crippen molar-refractivity contribution in [1.82, 2.24) is 5.32 Å². The van der Waals surface area contributed by atoms with Gasteiger partial charge in [-0.1, -0.05) is 31.5 Å². The maximum absolute atomic E-state index is 11.7. The van der Waals surface area contributed by atoms with Gasteiger partial charge >= 0.3 is 12.0 Å². The van der Waals surface area contributed by atoms with Crippen LogP contribution in [-0.2, 0) is 4.79 Å². The third-order valence-corrected chi connectivity index (χ3v) is 2.62. The van der Waals surface area contributed by atoms with Crippen molar-refractivity contribution >= 4 is 17.7 Å². The molecule has 0 aliphatic carbocycles. The first kappa shape index (κ1) is 15.0. The first-order valence-corrected chi connectivity index (χ1v) is 6.25. The summed E-state index contributed by atoms with van der Waals surface area (Å²) in [6.45, 7) is 5.78. The standard InChI is InChI=1S/C14H20N2O3/c1-9(2)8-12(13(17)18)16-14(19)15-11-6-4-10(3)5-7-11/h4-7,9,12H,8H2,1-3H3,(H,17,18)(H2,15,16,19)/t12-/m0/s1. The summed E-state index contributed by atoms with van der Waals surface area (Å²) in [5.74, 6) is -0.825. The van der Waals surface area contributed by atoms with Crippen LogP contribution >= 0.6 is 0 Å². The fraction of sp³-hybridized carbons (Fsp3) is 0.429. The number of urea groups is 1. The number of hydrogen-bond acceptors (Lipinski definition) is 2. The summed E-state index contributed by atoms with van der Waals surface area (Å²) in [6, 6.07) is 5.92. The van der Waals surface area contributed by atoms with Gasteiger partial charge in [0.1, 0.15) is 6.04 Å². The smallest absolute Gasteiger partial charge is 0.326 e. The average molecular weight is 264 g/mol. The molecule has 19 heavy (non-hydrogen) atoms. The van der Waals surface area contributed by atoms with Gasteiger partial charge in [0.25, 0.3) is 0 Å². The van der Waals surface area contributed by atoms with Crippen molar-refractivity contribution in [3.05, 3.63) is 29.8 Å². The van der Waals surface area contributed by atoms with Crippen molar-refractivity contribution in [2.75, 3.05) is 5.32 Å². The summed E-state index contributed by atoms with van der Waals surface area (Å²) >= 11 is 0. The quantitative estimate of drug-likeness (QED) is 0.765. The third kappa shape index (κ3) is 5.42. The number of carbonyl (C=O) groups is 2. The molecule has 1 aromatic carbocycles. The molecule has 0 spiro atoms. The van der Waals surface area contributed by atoms with Gasteiger partial charge in [0.15, 0.2) is 0 Å². The molecule has 0 bridgehead atoms. The zero-order valence-electron chi connectivity index (χ0n) is 11.4. The van der Waals surface area contributed by atoms with Crippen LogP contribution in [0.15, 0.2) is 24.3 Å². The number of carboxylic acids is 1. The van der Waals surface area contributed by atoms with E-state index in [0.29, 0.717) is 12.1 Å². The molecule has 5 heteroatoms. The maximum Gasteiger partial charge on any atom is 0.326 e. The van der Waals surface area contributed by atoms with Gasteiger partial charge in [-0.05, 0) is 31.4 Å². The van der Waals surface area contributed by atoms with Crippen LogP contribution in [0.5, 0.6) is 0 Å². The minimum atomic E-state index is -1.02. The van der Waals surface area contributed by atoms with Gasteiger partial charge in [-0.3, -0.25) is 0 Å². The zero-order valence-corrected chi connectivity index (χ0v) is 11.4. The molecule has 0 aliphatic rings. The Hall–Kier alpha value is -2.04. The Morgan fingerprint density at radius 2 is 1.79 bits per heavy atom. The fourth-order valence-corrected chi connectivity index (χ4v) is 1.66. The van der Waals surface area contributed by atoms with Gasteiger partial charge in [-0.2, -0.15) is 0 Å². The Bertz CT molecular complexity index is 441. The second kappa shape index (κ2) is 6.78. The average Bonchev–Trinajstić information content (AvgIpc) is 2.30. The molecule has 5 nitrogen and oxygen atoms in total. The van der Waals surface area contributed by atoms with E-state index in [-0.39, 0.29) is 5.92 Å². The Balaban J connectivity index is 2.57. The number of aryl methyl sites for hydroxylation is 1. The van der Waals surface area contributed by atoms with Gasteiger partial charge in [0.2, 0.25) is 0 Å². The lowest BCUT2D eigenvalue weighted by atomic mass is 10.0. The molecular formula is C14H20N2O3. The highest BCUT2D eigenvalue weighted by molar-refractivity contribution is 5.92. The molecule has 0 saturated heterocycles. The largest absolute Gasteiger partial charge is 0.480 e. The number of rotatable bonds is 5. The second-order valence-electron chi connectivity index (χ2n) is 4.98. The number of hydrogen-bond donors (Lipinski definition) is 3. The predicted octanol–water partition coefficient (Wildman–Crippen LogP) is 2.62. The lowest BCUT2D eigenvalue weighted by Crippen LogP contribution is -2.43. The Morgan fingerprint density at radius 3 is 2.26 bits per heavy atom. The molecule has 104 valence electrons. The fourth-order valence-electron chi connectivity index (χ4n) is 1.66. The van der Waals surface area contributed by atoms with E-state index in [4.69, 9.17) is 5.11 Å². The van der Waals surface area contributed by atoms with E-state index in [1.807, 2.05) is 32.9 Å². The molecular weight excluding hydrogens is 244 g/mol. The molecule has 1 rings (SSSR count). The van der Waals surface area contributed by atoms with Crippen molar-refractivity contribution < 1.29 is 14.7 Å². The highest BCUT2D eigenvalue weighted by Gasteiger charge is 2.20. The third-order valence-electron chi connectivity index (χ3n) is 2.62. The van der Waals surface area contributed by atoms with Crippen LogP contribution < -0.4 is 10.6 Å². The number of carbonyl (C=O) groups excluding carboxylic acids is 1. The molecule has 0 radical (unpaired) electrons. The van der Waals surface area contributed by atoms with Crippen LogP contribution in [0.1, 0.15) is 25.8 Å². The first-order valence-electron chi connectivity index (χ1n) is 6.25. The summed E-state index contributed by atoms with van der Waals surface area (Å²) in [4.78, 5) is 22.7. The molecule has 0 saturated carbocycles. The van der Waals surface area contributed by atoms with Crippen LogP contribution in [0.3, 0.4) is 0 Å². The molecule has 1 atom stereocenters. The molecule has 0 aromatic heterocycles. The van der Waals surface area contributed by atoms with Crippen molar-refractivity contribution in [2.24, 2.45) is 5.92 Å². The molecule has 0 heterocycles. The predicted molar refractivity (Wildman–Crippen MR) is 74.2 cm³/mol. The number of benzene rings is 1. The molecule has 0 unspecified atom stereocenters. The number of carboxylic acid groups (broad SMARTS) is 1. The molecule has 1 aromatic rings. The van der Waals surface area contributed by atoms with Crippen LogP contribution in [0.25, 0.3) is 0 Å². The second-order valence-corrected chi connectivity index (χ2v) is 4.98. The van der Waals surface area contributed by atoms with Crippen molar-refractivity contribution in [3.63, 3.8) is 0 Å². The minimum Gasteiger partial charge on any atom is -0.480 e. The van der Waals surface area contributed by atoms with Crippen LogP contribution in [-0.4, -0.2) is 23.1 Å². The van der Waals surface area contributed by atoms with E-state index in [1.54, 1.807) is 12.1 Å². The lowest BCUT2D eigenvalue weighted by Gasteiger charge is -2.17. The van der Waals surface area contributed by atoms with E-state index in [2.05, 4.69) is 10.6 Å². The first-order chi connectivity index (χ1) is 8.88. The van der Waals surface area contributed by atoms with Gasteiger partial charge in [-0.15, -0.1) is 0 Å². The normalized spacial score (nSPS) is 12.0. The zero-order chi connectivity index (χ0) is 14.4. The van der Waals surface area contributed by atoms with Crippen LogP contribution in [0.2, 0.25) is 0 Å². The van der Waals surface area contributed by atoms with Crippen molar-refractivity contribution in [2.45, 2.75) is 33.2 Å². The Kier molecular flexibility index (Phi) is 5.36. The molecule has 0 fully saturated rings. The van der Waals surface area contributed by atoms with E-state index < -0.39 is 18.0 Å². The van der Waals surface area contributed by atoms with E-state index in [9.17, 15) is 9.59 Å².